The molecule has 0 bridgehead atoms. The number of hydrogen-bond acceptors (Lipinski definition) is 7. The predicted molar refractivity (Wildman–Crippen MR) is 138 cm³/mol. The highest BCUT2D eigenvalue weighted by atomic mass is 16.6. The highest BCUT2D eigenvalue weighted by Gasteiger charge is 2.44. The number of hydrogen-bond donors (Lipinski definition) is 3. The molecular formula is C27H42N2O7. The summed E-state index contributed by atoms with van der Waals surface area (Å²) in [5.74, 6) is -2.28. The van der Waals surface area contributed by atoms with Crippen molar-refractivity contribution in [2.24, 2.45) is 0 Å². The molecule has 0 aliphatic carbocycles. The van der Waals surface area contributed by atoms with Crippen molar-refractivity contribution in [2.45, 2.75) is 110 Å². The van der Waals surface area contributed by atoms with Crippen molar-refractivity contribution in [1.29, 1.82) is 0 Å². The molecule has 1 amide bonds. The second-order valence-electron chi connectivity index (χ2n) is 9.94. The molecule has 0 saturated carbocycles. The first-order valence-electron chi connectivity index (χ1n) is 12.6. The molecule has 9 nitrogen and oxygen atoms in total. The van der Waals surface area contributed by atoms with E-state index in [4.69, 9.17) is 20.3 Å². The number of nitrogens with two attached hydrogens (primary N) is 1. The van der Waals surface area contributed by atoms with Gasteiger partial charge in [-0.05, 0) is 46.1 Å². The highest BCUT2D eigenvalue weighted by molar-refractivity contribution is 5.97. The fourth-order valence-electron chi connectivity index (χ4n) is 4.17. The summed E-state index contributed by atoms with van der Waals surface area (Å²) in [4.78, 5) is 48.9. The van der Waals surface area contributed by atoms with E-state index in [1.54, 1.807) is 52.8 Å². The Hall–Kier alpha value is -3.10. The number of benzene rings is 1. The number of ether oxygens (including phenoxy) is 2. The number of carbonyl (C=O) groups is 4. The third-order valence-corrected chi connectivity index (χ3v) is 5.88. The number of aliphatic carboxylic acids is 1. The van der Waals surface area contributed by atoms with E-state index in [2.05, 4.69) is 12.2 Å². The lowest BCUT2D eigenvalue weighted by atomic mass is 9.79. The van der Waals surface area contributed by atoms with Crippen molar-refractivity contribution in [3.63, 3.8) is 0 Å². The Bertz CT molecular complexity index is 923. The van der Waals surface area contributed by atoms with Crippen LogP contribution < -0.4 is 11.1 Å². The minimum absolute atomic E-state index is 0.0218. The fraction of sp³-hybridized carbons (Fsp3) is 0.630. The molecule has 0 aliphatic rings. The number of carbonyl (C=O) groups excluding carboxylic acids is 3. The number of esters is 1. The standard InChI is InChI=1S/C27H42N2O7/c1-7-10-11-12-13-21(30)18-14-15-19(20(28)16-18)27(9-3,29-25(34)36-26(4,5)6)22(8-2)35-24(33)17-23(31)32/h14-16,22H,7-13,17,28H2,1-6H3,(H,29,34)(H,31,32). The Morgan fingerprint density at radius 3 is 2.22 bits per heavy atom. The zero-order valence-electron chi connectivity index (χ0n) is 22.4. The van der Waals surface area contributed by atoms with Crippen LogP contribution in [0.1, 0.15) is 109 Å². The summed E-state index contributed by atoms with van der Waals surface area (Å²) < 4.78 is 11.0. The van der Waals surface area contributed by atoms with Gasteiger partial charge in [-0.15, -0.1) is 0 Å². The summed E-state index contributed by atoms with van der Waals surface area (Å²) >= 11 is 0. The van der Waals surface area contributed by atoms with E-state index in [9.17, 15) is 19.2 Å². The van der Waals surface area contributed by atoms with E-state index >= 15 is 0 Å². The average Bonchev–Trinajstić information content (AvgIpc) is 2.77. The van der Waals surface area contributed by atoms with Gasteiger partial charge >= 0.3 is 18.0 Å². The average molecular weight is 507 g/mol. The van der Waals surface area contributed by atoms with Crippen LogP contribution in [0.4, 0.5) is 10.5 Å². The summed E-state index contributed by atoms with van der Waals surface area (Å²) in [6.45, 7) is 10.8. The molecule has 0 heterocycles. The number of ketones is 1. The number of carboxylic acids is 1. The highest BCUT2D eigenvalue weighted by Crippen LogP contribution is 2.37. The number of unbranched alkanes of at least 4 members (excludes halogenated alkanes) is 3. The van der Waals surface area contributed by atoms with Gasteiger partial charge < -0.3 is 25.6 Å². The Kier molecular flexibility index (Phi) is 11.9. The van der Waals surface area contributed by atoms with Gasteiger partial charge in [0.05, 0.1) is 0 Å². The van der Waals surface area contributed by atoms with E-state index in [1.165, 1.54) is 0 Å². The molecule has 0 spiro atoms. The fourth-order valence-corrected chi connectivity index (χ4v) is 4.17. The molecule has 0 aromatic heterocycles. The van der Waals surface area contributed by atoms with Crippen LogP contribution in [0.25, 0.3) is 0 Å². The van der Waals surface area contributed by atoms with Gasteiger partial charge in [-0.25, -0.2) is 4.79 Å². The van der Waals surface area contributed by atoms with Gasteiger partial charge in [0.25, 0.3) is 0 Å². The van der Waals surface area contributed by atoms with E-state index in [0.717, 1.165) is 25.7 Å². The SMILES string of the molecule is CCCCCCC(=O)c1ccc(C(CC)(NC(=O)OC(C)(C)C)C(CC)OC(=O)CC(=O)O)c(N)c1. The van der Waals surface area contributed by atoms with Crippen LogP contribution in [0.2, 0.25) is 0 Å². The van der Waals surface area contributed by atoms with Crippen LogP contribution in [0.15, 0.2) is 18.2 Å². The zero-order chi connectivity index (χ0) is 27.5. The lowest BCUT2D eigenvalue weighted by molar-refractivity contribution is -0.159. The Balaban J connectivity index is 3.44. The molecule has 2 unspecified atom stereocenters. The van der Waals surface area contributed by atoms with Gasteiger partial charge in [0.2, 0.25) is 0 Å². The van der Waals surface area contributed by atoms with Crippen LogP contribution in [0.3, 0.4) is 0 Å². The number of carboxylic acid groups (broad SMARTS) is 1. The quantitative estimate of drug-likeness (QED) is 0.101. The van der Waals surface area contributed by atoms with Crippen LogP contribution in [-0.2, 0) is 24.6 Å². The number of anilines is 1. The maximum absolute atomic E-state index is 12.9. The number of nitrogen functional groups attached to an aromatic ring is 1. The van der Waals surface area contributed by atoms with Crippen molar-refractivity contribution in [2.75, 3.05) is 5.73 Å². The second kappa shape index (κ2) is 13.8. The topological polar surface area (TPSA) is 145 Å². The summed E-state index contributed by atoms with van der Waals surface area (Å²) in [7, 11) is 0. The maximum Gasteiger partial charge on any atom is 0.408 e. The zero-order valence-corrected chi connectivity index (χ0v) is 22.4. The molecule has 4 N–H and O–H groups in total. The van der Waals surface area contributed by atoms with E-state index < -0.39 is 41.7 Å². The first-order chi connectivity index (χ1) is 16.8. The van der Waals surface area contributed by atoms with Crippen molar-refractivity contribution in [1.82, 2.24) is 5.32 Å². The third kappa shape index (κ3) is 9.17. The Morgan fingerprint density at radius 2 is 1.72 bits per heavy atom. The second-order valence-corrected chi connectivity index (χ2v) is 9.94. The first kappa shape index (κ1) is 30.9. The molecule has 2 atom stereocenters. The summed E-state index contributed by atoms with van der Waals surface area (Å²) in [6, 6.07) is 4.88. The predicted octanol–water partition coefficient (Wildman–Crippen LogP) is 5.35. The van der Waals surface area contributed by atoms with Gasteiger partial charge in [-0.2, -0.15) is 0 Å². The van der Waals surface area contributed by atoms with Crippen LogP contribution in [0, 0.1) is 0 Å². The van der Waals surface area contributed by atoms with Crippen molar-refractivity contribution in [3.05, 3.63) is 29.3 Å². The lowest BCUT2D eigenvalue weighted by Crippen LogP contribution is -2.56. The van der Waals surface area contributed by atoms with Crippen LogP contribution in [-0.4, -0.2) is 40.6 Å². The van der Waals surface area contributed by atoms with Gasteiger partial charge in [0, 0.05) is 23.2 Å². The molecule has 1 aromatic carbocycles. The minimum atomic E-state index is -1.32. The summed E-state index contributed by atoms with van der Waals surface area (Å²) in [5.41, 5.74) is 5.48. The number of amides is 1. The molecule has 1 aromatic rings. The number of rotatable bonds is 14. The number of alkyl carbamates (subject to hydrolysis) is 1. The Labute approximate surface area is 214 Å². The number of nitrogens with one attached hydrogen (secondary N) is 1. The first-order valence-corrected chi connectivity index (χ1v) is 12.6. The molecule has 0 fully saturated rings. The van der Waals surface area contributed by atoms with Gasteiger partial charge in [-0.3, -0.25) is 14.4 Å². The Morgan fingerprint density at radius 1 is 1.06 bits per heavy atom. The monoisotopic (exact) mass is 506 g/mol. The van der Waals surface area contributed by atoms with Crippen molar-refractivity contribution in [3.8, 4) is 0 Å². The molecule has 0 radical (unpaired) electrons. The molecular weight excluding hydrogens is 464 g/mol. The van der Waals surface area contributed by atoms with Gasteiger partial charge in [0.15, 0.2) is 5.78 Å². The van der Waals surface area contributed by atoms with Gasteiger partial charge in [0.1, 0.15) is 23.7 Å². The molecule has 0 aliphatic heterocycles. The molecule has 36 heavy (non-hydrogen) atoms. The normalized spacial score (nSPS) is 13.8. The van der Waals surface area contributed by atoms with Gasteiger partial charge in [-0.1, -0.05) is 52.2 Å². The van der Waals surface area contributed by atoms with E-state index in [0.29, 0.717) is 17.5 Å². The van der Waals surface area contributed by atoms with Crippen LogP contribution >= 0.6 is 0 Å². The van der Waals surface area contributed by atoms with Crippen molar-refractivity contribution >= 4 is 29.5 Å². The minimum Gasteiger partial charge on any atom is -0.481 e. The number of Topliss-reactive ketones (excluding diaryl/α,β-unsaturated/α-hetero) is 1. The lowest BCUT2D eigenvalue weighted by Gasteiger charge is -2.41. The smallest absolute Gasteiger partial charge is 0.408 e. The maximum atomic E-state index is 12.9. The summed E-state index contributed by atoms with van der Waals surface area (Å²) in [6.07, 6.45) is 2.35. The molecule has 202 valence electrons. The molecule has 9 heteroatoms. The van der Waals surface area contributed by atoms with Crippen molar-refractivity contribution < 1.29 is 33.8 Å². The van der Waals surface area contributed by atoms with Crippen LogP contribution in [0.5, 0.6) is 0 Å². The van der Waals surface area contributed by atoms with E-state index in [1.807, 2.05) is 0 Å². The third-order valence-electron chi connectivity index (χ3n) is 5.88. The molecule has 1 rings (SSSR count). The summed E-state index contributed by atoms with van der Waals surface area (Å²) in [5, 5.41) is 11.8. The molecule has 0 saturated heterocycles. The van der Waals surface area contributed by atoms with E-state index in [-0.39, 0.29) is 24.3 Å². The largest absolute Gasteiger partial charge is 0.481 e.